The van der Waals surface area contributed by atoms with Gasteiger partial charge in [0.05, 0.1) is 78.6 Å². The van der Waals surface area contributed by atoms with E-state index in [1.807, 2.05) is 158 Å². The summed E-state index contributed by atoms with van der Waals surface area (Å²) in [7, 11) is 0. The zero-order chi connectivity index (χ0) is 94.5. The summed E-state index contributed by atoms with van der Waals surface area (Å²) in [5, 5.41) is 74.4. The second kappa shape index (κ2) is 40.1. The number of anilines is 10. The third-order valence-corrected chi connectivity index (χ3v) is 29.3. The highest BCUT2D eigenvalue weighted by Crippen LogP contribution is 2.46. The summed E-state index contributed by atoms with van der Waals surface area (Å²) < 4.78 is 31.4. The molecule has 26 rings (SSSR count). The second-order valence-corrected chi connectivity index (χ2v) is 37.9. The number of H-pyrrole nitrogens is 5. The van der Waals surface area contributed by atoms with Crippen molar-refractivity contribution in [2.24, 2.45) is 0 Å². The molecule has 10 N–H and O–H groups in total. The Bertz CT molecular complexity index is 8300. The van der Waals surface area contributed by atoms with Gasteiger partial charge in [0.15, 0.2) is 29.1 Å². The van der Waals surface area contributed by atoms with Gasteiger partial charge >= 0.3 is 0 Å². The maximum absolute atomic E-state index is 14.1. The summed E-state index contributed by atoms with van der Waals surface area (Å²) in [6.45, 7) is 9.03. The van der Waals surface area contributed by atoms with Crippen molar-refractivity contribution >= 4 is 254 Å². The number of thiophene rings is 5. The van der Waals surface area contributed by atoms with Crippen molar-refractivity contribution in [1.82, 2.24) is 106 Å². The lowest BCUT2D eigenvalue weighted by molar-refractivity contribution is 0.0322. The highest BCUT2D eigenvalue weighted by molar-refractivity contribution is 7.20. The molecule has 28 nitrogen and oxygen atoms in total. The first kappa shape index (κ1) is 89.5. The molecule has 1 fully saturated rings. The standard InChI is InChI=1S/C25H23ClN6O2S.C20H14ClN5S.C20H15N5S.C19H12ClN5S.C19H12FN5S/c26-20-5-4-16(34-12-9-32-7-10-33-11-8-32)14-21(20)29-25-19-6-13-35-23(19)17-2-1-3-18(22(17)30-25)24-27-15-28-31-24;1-11-4-2-7-15(21)16(11)24-20-14-8-9-27-18(14)12-5-3-6-13(17(12)25-20)19-22-10-23-26-19;1-12-5-2-3-8-16(12)23-20-15-9-10-26-18(15)13-6-4-7-14(17(13)24-20)19-21-11-22-25-19;2*20-14-6-1-2-7-15(14)23-19-13-8-9-26-17(13)11-4-3-5-12(16(11)24-19)18-21-10-22-25-18/h1-6,13-15H,7-12H2,(H,29,30)(H,27,28,31);2-10H,1H3,(H,24,25)(H,22,23,26);2-11H,1H3,(H,23,24)(H,21,22,25);2*1-10H,(H,23,24)(H,21,22,25). The minimum Gasteiger partial charge on any atom is -0.492 e. The molecule has 688 valence electrons. The Kier molecular flexibility index (Phi) is 25.7. The molecule has 16 heterocycles. The van der Waals surface area contributed by atoms with Crippen molar-refractivity contribution in [3.8, 4) is 62.7 Å². The van der Waals surface area contributed by atoms with Gasteiger partial charge in [0.1, 0.15) is 78.9 Å². The third kappa shape index (κ3) is 18.3. The molecular weight excluding hydrogens is 1920 g/mol. The van der Waals surface area contributed by atoms with E-state index in [1.54, 1.807) is 74.9 Å². The van der Waals surface area contributed by atoms with Crippen LogP contribution in [0.25, 0.3) is 162 Å². The summed E-state index contributed by atoms with van der Waals surface area (Å²) in [6, 6.07) is 74.7. The van der Waals surface area contributed by atoms with Crippen LogP contribution in [0.1, 0.15) is 11.1 Å². The number of morpholine rings is 1. The normalized spacial score (nSPS) is 12.1. The molecule has 15 aromatic heterocycles. The summed E-state index contributed by atoms with van der Waals surface area (Å²) in [6.07, 6.45) is 7.49. The van der Waals surface area contributed by atoms with E-state index in [-0.39, 0.29) is 5.82 Å². The number of hydrogen-bond acceptors (Lipinski definition) is 28. The Morgan fingerprint density at radius 1 is 0.336 bits per heavy atom. The monoisotopic (exact) mass is 1990 g/mol. The summed E-state index contributed by atoms with van der Waals surface area (Å²) in [5.41, 5.74) is 14.9. The fourth-order valence-corrected chi connectivity index (χ4v) is 22.0. The summed E-state index contributed by atoms with van der Waals surface area (Å²) in [4.78, 5) is 48.5. The molecule has 0 spiro atoms. The molecule has 0 saturated carbocycles. The number of benzene rings is 10. The first-order chi connectivity index (χ1) is 68.9. The van der Waals surface area contributed by atoms with E-state index in [1.165, 1.54) is 57.4 Å². The van der Waals surface area contributed by atoms with E-state index < -0.39 is 0 Å². The van der Waals surface area contributed by atoms with Crippen LogP contribution in [0.2, 0.25) is 15.1 Å². The van der Waals surface area contributed by atoms with Crippen molar-refractivity contribution in [2.75, 3.05) is 66.0 Å². The van der Waals surface area contributed by atoms with E-state index in [0.29, 0.717) is 56.5 Å². The predicted molar refractivity (Wildman–Crippen MR) is 568 cm³/mol. The molecule has 25 aromatic rings. The van der Waals surface area contributed by atoms with Crippen LogP contribution in [0.4, 0.5) is 61.9 Å². The van der Waals surface area contributed by atoms with E-state index in [0.717, 1.165) is 215 Å². The van der Waals surface area contributed by atoms with E-state index in [2.05, 4.69) is 196 Å². The molecule has 37 heteroatoms. The van der Waals surface area contributed by atoms with Crippen LogP contribution in [-0.4, -0.2) is 145 Å². The SMILES string of the molecule is Cc1cccc(Cl)c1Nc1nc2c(-c3ncn[nH]3)cccc2c2sccc12.Cc1ccccc1Nc1nc2c(-c3ncn[nH]3)cccc2c2sccc12.Clc1ccc(OCCN2CCOCC2)cc1Nc1nc2c(-c3ncn[nH]3)cccc2c2sccc12.Clc1ccccc1Nc1nc2c(-c3ncn[nH]3)cccc2c2sccc12.Fc1ccccc1Nc1nc2c(-c3ncn[nH]3)cccc2c2sccc12. The highest BCUT2D eigenvalue weighted by Gasteiger charge is 2.24. The lowest BCUT2D eigenvalue weighted by atomic mass is 10.1. The van der Waals surface area contributed by atoms with E-state index in [4.69, 9.17) is 69.2 Å². The Morgan fingerprint density at radius 2 is 0.664 bits per heavy atom. The molecule has 140 heavy (non-hydrogen) atoms. The van der Waals surface area contributed by atoms with Gasteiger partial charge < -0.3 is 36.1 Å². The molecule has 0 atom stereocenters. The number of hydrogen-bond donors (Lipinski definition) is 10. The minimum atomic E-state index is -0.318. The smallest absolute Gasteiger partial charge is 0.157 e. The number of halogens is 4. The van der Waals surface area contributed by atoms with Gasteiger partial charge in [0, 0.05) is 137 Å². The number of aryl methyl sites for hydroxylation is 2. The highest BCUT2D eigenvalue weighted by atomic mass is 35.5. The Hall–Kier alpha value is -15.7. The fraction of sp³-hybridized carbons (Fsp3) is 0.0777. The molecule has 0 unspecified atom stereocenters. The van der Waals surface area contributed by atoms with Gasteiger partial charge in [0.25, 0.3) is 0 Å². The minimum absolute atomic E-state index is 0.318. The van der Waals surface area contributed by atoms with Crippen molar-refractivity contribution in [1.29, 1.82) is 0 Å². The number of para-hydroxylation sites is 9. The van der Waals surface area contributed by atoms with Gasteiger partial charge in [-0.25, -0.2) is 54.2 Å². The van der Waals surface area contributed by atoms with Gasteiger partial charge in [-0.2, -0.15) is 25.5 Å². The van der Waals surface area contributed by atoms with Gasteiger partial charge in [-0.3, -0.25) is 30.4 Å². The number of rotatable bonds is 19. The Balaban J connectivity index is 0.000000101. The molecule has 1 saturated heterocycles. The molecule has 1 aliphatic rings. The molecule has 0 radical (unpaired) electrons. The van der Waals surface area contributed by atoms with Crippen molar-refractivity contribution in [3.63, 3.8) is 0 Å². The van der Waals surface area contributed by atoms with Crippen LogP contribution in [-0.2, 0) is 4.74 Å². The van der Waals surface area contributed by atoms with Gasteiger partial charge in [0.2, 0.25) is 0 Å². The van der Waals surface area contributed by atoms with Gasteiger partial charge in [-0.15, -0.1) is 56.7 Å². The largest absolute Gasteiger partial charge is 0.492 e. The quantitative estimate of drug-likeness (QED) is 0.0359. The molecule has 1 aliphatic heterocycles. The Labute approximate surface area is 830 Å². The molecule has 0 aliphatic carbocycles. The first-order valence-corrected chi connectivity index (χ1v) is 49.6. The molecule has 0 amide bonds. The van der Waals surface area contributed by atoms with Crippen LogP contribution in [0.5, 0.6) is 5.75 Å². The van der Waals surface area contributed by atoms with Crippen molar-refractivity contribution in [2.45, 2.75) is 13.8 Å². The number of fused-ring (bicyclic) bond motifs is 15. The number of nitrogens with one attached hydrogen (secondary N) is 10. The van der Waals surface area contributed by atoms with Gasteiger partial charge in [-0.05, 0) is 161 Å². The first-order valence-electron chi connectivity index (χ1n) is 44.1. The fourth-order valence-electron chi connectivity index (χ4n) is 16.8. The van der Waals surface area contributed by atoms with Crippen LogP contribution in [0.3, 0.4) is 0 Å². The van der Waals surface area contributed by atoms with Crippen LogP contribution in [0.15, 0.2) is 289 Å². The maximum Gasteiger partial charge on any atom is 0.157 e. The molecule has 10 aromatic carbocycles. The zero-order valence-electron chi connectivity index (χ0n) is 74.0. The number of ether oxygens (including phenoxy) is 2. The topological polar surface area (TPSA) is 354 Å². The van der Waals surface area contributed by atoms with Crippen LogP contribution < -0.4 is 31.3 Å². The predicted octanol–water partition coefficient (Wildman–Crippen LogP) is 27.3. The van der Waals surface area contributed by atoms with Crippen molar-refractivity contribution < 1.29 is 13.9 Å². The third-order valence-electron chi connectivity index (χ3n) is 23.6. The number of pyridine rings is 5. The average Bonchev–Trinajstić information content (AvgIpc) is 1.58. The second-order valence-electron chi connectivity index (χ2n) is 32.1. The van der Waals surface area contributed by atoms with E-state index in [9.17, 15) is 4.39 Å². The maximum atomic E-state index is 14.1. The van der Waals surface area contributed by atoms with Crippen LogP contribution in [0, 0.1) is 19.7 Å². The number of aromatic amines is 5. The molecule has 0 bridgehead atoms. The lowest BCUT2D eigenvalue weighted by Gasteiger charge is -2.26. The lowest BCUT2D eigenvalue weighted by Crippen LogP contribution is -2.38. The summed E-state index contributed by atoms with van der Waals surface area (Å²) >= 11 is 27.7. The van der Waals surface area contributed by atoms with Crippen LogP contribution >= 0.6 is 91.5 Å². The zero-order valence-corrected chi connectivity index (χ0v) is 80.3. The van der Waals surface area contributed by atoms with Crippen molar-refractivity contribution in [3.05, 3.63) is 321 Å². The molecular formula is C103H76Cl3FN26O2S5. The Morgan fingerprint density at radius 3 is 1.04 bits per heavy atom. The number of nitrogens with zero attached hydrogens (tertiary/aromatic N) is 16. The summed E-state index contributed by atoms with van der Waals surface area (Å²) in [5.74, 6) is 7.64. The number of aromatic nitrogens is 20. The average molecular weight is 2000 g/mol. The van der Waals surface area contributed by atoms with Gasteiger partial charge in [-0.1, -0.05) is 150 Å². The van der Waals surface area contributed by atoms with E-state index >= 15 is 0 Å².